The molecule has 1 aromatic carbocycles. The second kappa shape index (κ2) is 4.68. The number of furan rings is 1. The van der Waals surface area contributed by atoms with Gasteiger partial charge in [0, 0.05) is 11.1 Å². The van der Waals surface area contributed by atoms with Gasteiger partial charge in [0.05, 0.1) is 7.11 Å². The fourth-order valence-electron chi connectivity index (χ4n) is 1.93. The van der Waals surface area contributed by atoms with Crippen molar-refractivity contribution in [1.29, 1.82) is 0 Å². The van der Waals surface area contributed by atoms with E-state index in [-0.39, 0.29) is 11.5 Å². The van der Waals surface area contributed by atoms with Gasteiger partial charge >= 0.3 is 5.97 Å². The number of benzene rings is 1. The van der Waals surface area contributed by atoms with Gasteiger partial charge in [0.15, 0.2) is 11.5 Å². The van der Waals surface area contributed by atoms with Crippen LogP contribution in [0.2, 0.25) is 0 Å². The lowest BCUT2D eigenvalue weighted by atomic mass is 10.0. The van der Waals surface area contributed by atoms with Gasteiger partial charge in [-0.25, -0.2) is 4.79 Å². The Hall–Kier alpha value is -2.43. The summed E-state index contributed by atoms with van der Waals surface area (Å²) in [6.07, 6.45) is 0. The lowest BCUT2D eigenvalue weighted by Crippen LogP contribution is -1.94. The molecule has 0 aliphatic carbocycles. The molecule has 1 aromatic heterocycles. The number of phenols is 1. The third-order valence-electron chi connectivity index (χ3n) is 2.90. The highest BCUT2D eigenvalue weighted by atomic mass is 16.5. The molecule has 0 aliphatic heterocycles. The van der Waals surface area contributed by atoms with E-state index in [9.17, 15) is 9.90 Å². The Bertz CT molecular complexity index is 640. The molecular formula is C14H14O5. The fraction of sp³-hybridized carbons (Fsp3) is 0.214. The average molecular weight is 262 g/mol. The number of phenolic OH excluding ortho intramolecular Hbond substituents is 1. The Morgan fingerprint density at radius 2 is 1.89 bits per heavy atom. The van der Waals surface area contributed by atoms with Crippen LogP contribution < -0.4 is 4.74 Å². The van der Waals surface area contributed by atoms with Crippen LogP contribution in [0.15, 0.2) is 22.6 Å². The van der Waals surface area contributed by atoms with Crippen molar-refractivity contribution in [2.75, 3.05) is 7.11 Å². The molecule has 0 amide bonds. The molecule has 0 saturated heterocycles. The number of aryl methyl sites for hydroxylation is 2. The van der Waals surface area contributed by atoms with Crippen molar-refractivity contribution in [3.63, 3.8) is 0 Å². The molecule has 5 heteroatoms. The molecule has 0 fully saturated rings. The summed E-state index contributed by atoms with van der Waals surface area (Å²) >= 11 is 0. The van der Waals surface area contributed by atoms with Gasteiger partial charge < -0.3 is 19.4 Å². The average Bonchev–Trinajstić information content (AvgIpc) is 2.73. The number of carboxylic acid groups (broad SMARTS) is 1. The smallest absolute Gasteiger partial charge is 0.372 e. The minimum Gasteiger partial charge on any atom is -0.504 e. The molecule has 5 nitrogen and oxygen atoms in total. The molecule has 0 unspecified atom stereocenters. The first-order chi connectivity index (χ1) is 8.93. The molecule has 1 heterocycles. The van der Waals surface area contributed by atoms with Crippen LogP contribution in [0.1, 0.15) is 21.7 Å². The highest BCUT2D eigenvalue weighted by Gasteiger charge is 2.17. The fourth-order valence-corrected chi connectivity index (χ4v) is 1.93. The number of aromatic hydroxyl groups is 1. The number of ether oxygens (including phenoxy) is 1. The second-order valence-corrected chi connectivity index (χ2v) is 4.27. The molecule has 0 bridgehead atoms. The zero-order valence-electron chi connectivity index (χ0n) is 10.9. The second-order valence-electron chi connectivity index (χ2n) is 4.27. The predicted molar refractivity (Wildman–Crippen MR) is 68.8 cm³/mol. The zero-order chi connectivity index (χ0) is 14.2. The van der Waals surface area contributed by atoms with Crippen molar-refractivity contribution in [2.24, 2.45) is 0 Å². The van der Waals surface area contributed by atoms with Crippen LogP contribution in [0.25, 0.3) is 11.3 Å². The molecule has 2 rings (SSSR count). The van der Waals surface area contributed by atoms with Gasteiger partial charge in [-0.2, -0.15) is 0 Å². The molecule has 0 saturated carbocycles. The summed E-state index contributed by atoms with van der Waals surface area (Å²) in [4.78, 5) is 11.0. The van der Waals surface area contributed by atoms with Crippen molar-refractivity contribution in [3.8, 4) is 22.8 Å². The third-order valence-corrected chi connectivity index (χ3v) is 2.90. The van der Waals surface area contributed by atoms with E-state index in [4.69, 9.17) is 14.3 Å². The minimum atomic E-state index is -1.11. The Balaban J connectivity index is 2.56. The van der Waals surface area contributed by atoms with E-state index in [1.54, 1.807) is 19.1 Å². The van der Waals surface area contributed by atoms with E-state index < -0.39 is 5.97 Å². The normalized spacial score (nSPS) is 10.5. The summed E-state index contributed by atoms with van der Waals surface area (Å²) in [5.74, 6) is -0.453. The van der Waals surface area contributed by atoms with Crippen molar-refractivity contribution < 1.29 is 24.2 Å². The van der Waals surface area contributed by atoms with Crippen molar-refractivity contribution >= 4 is 5.97 Å². The molecule has 0 spiro atoms. The summed E-state index contributed by atoms with van der Waals surface area (Å²) in [5.41, 5.74) is 1.99. The first-order valence-electron chi connectivity index (χ1n) is 5.65. The van der Waals surface area contributed by atoms with Gasteiger partial charge in [-0.1, -0.05) is 0 Å². The lowest BCUT2D eigenvalue weighted by molar-refractivity contribution is 0.0662. The van der Waals surface area contributed by atoms with E-state index in [0.29, 0.717) is 22.6 Å². The summed E-state index contributed by atoms with van der Waals surface area (Å²) < 4.78 is 10.3. The van der Waals surface area contributed by atoms with E-state index >= 15 is 0 Å². The molecule has 0 radical (unpaired) electrons. The molecule has 0 aliphatic rings. The summed E-state index contributed by atoms with van der Waals surface area (Å²) in [5, 5.41) is 18.7. The Labute approximate surface area is 110 Å². The Morgan fingerprint density at radius 3 is 2.42 bits per heavy atom. The molecular weight excluding hydrogens is 248 g/mol. The number of hydrogen-bond acceptors (Lipinski definition) is 4. The molecule has 2 N–H and O–H groups in total. The van der Waals surface area contributed by atoms with Crippen molar-refractivity contribution in [3.05, 3.63) is 35.1 Å². The van der Waals surface area contributed by atoms with Gasteiger partial charge in [-0.15, -0.1) is 0 Å². The molecule has 0 atom stereocenters. The molecule has 2 aromatic rings. The highest BCUT2D eigenvalue weighted by Crippen LogP contribution is 2.36. The van der Waals surface area contributed by atoms with Gasteiger partial charge in [0.1, 0.15) is 5.76 Å². The van der Waals surface area contributed by atoms with E-state index in [0.717, 1.165) is 5.56 Å². The quantitative estimate of drug-likeness (QED) is 0.888. The van der Waals surface area contributed by atoms with Gasteiger partial charge in [-0.3, -0.25) is 0 Å². The van der Waals surface area contributed by atoms with Crippen LogP contribution in [0.5, 0.6) is 11.5 Å². The van der Waals surface area contributed by atoms with Crippen LogP contribution in [0.3, 0.4) is 0 Å². The van der Waals surface area contributed by atoms with E-state index in [1.165, 1.54) is 13.2 Å². The number of aromatic carboxylic acids is 1. The first-order valence-corrected chi connectivity index (χ1v) is 5.65. The largest absolute Gasteiger partial charge is 0.504 e. The number of carboxylic acids is 1. The highest BCUT2D eigenvalue weighted by molar-refractivity contribution is 5.87. The topological polar surface area (TPSA) is 79.9 Å². The van der Waals surface area contributed by atoms with Crippen molar-refractivity contribution in [2.45, 2.75) is 13.8 Å². The van der Waals surface area contributed by atoms with Crippen molar-refractivity contribution in [1.82, 2.24) is 0 Å². The first kappa shape index (κ1) is 13.0. The van der Waals surface area contributed by atoms with Gasteiger partial charge in [-0.05, 0) is 37.6 Å². The number of methoxy groups -OCH3 is 1. The molecule has 100 valence electrons. The number of rotatable bonds is 3. The zero-order valence-corrected chi connectivity index (χ0v) is 10.9. The van der Waals surface area contributed by atoms with Gasteiger partial charge in [0.2, 0.25) is 5.76 Å². The molecule has 19 heavy (non-hydrogen) atoms. The number of carbonyl (C=O) groups is 1. The maximum absolute atomic E-state index is 11.0. The van der Waals surface area contributed by atoms with Gasteiger partial charge in [0.25, 0.3) is 0 Å². The minimum absolute atomic E-state index is 0.0194. The number of hydrogen-bond donors (Lipinski definition) is 2. The lowest BCUT2D eigenvalue weighted by Gasteiger charge is -2.08. The van der Waals surface area contributed by atoms with Crippen LogP contribution in [0.4, 0.5) is 0 Å². The van der Waals surface area contributed by atoms with E-state index in [2.05, 4.69) is 0 Å². The van der Waals surface area contributed by atoms with Crippen LogP contribution in [-0.2, 0) is 0 Å². The van der Waals surface area contributed by atoms with E-state index in [1.807, 2.05) is 6.92 Å². The summed E-state index contributed by atoms with van der Waals surface area (Å²) in [6, 6.07) is 4.80. The van der Waals surface area contributed by atoms with Crippen LogP contribution in [0, 0.1) is 13.8 Å². The standard InChI is InChI=1S/C14H14O5/c1-7-4-12(18-3)10(15)6-9(7)11-5-8(2)13(19-11)14(16)17/h4-6,15H,1-3H3,(H,16,17). The monoisotopic (exact) mass is 262 g/mol. The summed E-state index contributed by atoms with van der Waals surface area (Å²) in [6.45, 7) is 3.49. The Morgan fingerprint density at radius 1 is 1.21 bits per heavy atom. The third kappa shape index (κ3) is 2.27. The SMILES string of the molecule is COc1cc(C)c(-c2cc(C)c(C(=O)O)o2)cc1O. The maximum Gasteiger partial charge on any atom is 0.372 e. The predicted octanol–water partition coefficient (Wildman–Crippen LogP) is 2.98. The van der Waals surface area contributed by atoms with Crippen LogP contribution >= 0.6 is 0 Å². The Kier molecular flexibility index (Phi) is 3.21. The summed E-state index contributed by atoms with van der Waals surface area (Å²) in [7, 11) is 1.47. The maximum atomic E-state index is 11.0. The van der Waals surface area contributed by atoms with Crippen LogP contribution in [-0.4, -0.2) is 23.3 Å².